The lowest BCUT2D eigenvalue weighted by Crippen LogP contribution is -2.09. The molecule has 0 aromatic heterocycles. The molecule has 30 heavy (non-hydrogen) atoms. The summed E-state index contributed by atoms with van der Waals surface area (Å²) in [6.07, 6.45) is 0. The van der Waals surface area contributed by atoms with Crippen LogP contribution in [0.3, 0.4) is 0 Å². The monoisotopic (exact) mass is 449 g/mol. The van der Waals surface area contributed by atoms with Crippen molar-refractivity contribution in [2.24, 2.45) is 0 Å². The van der Waals surface area contributed by atoms with Crippen molar-refractivity contribution in [3.63, 3.8) is 0 Å². The summed E-state index contributed by atoms with van der Waals surface area (Å²) in [5.74, 6) is 0. The summed E-state index contributed by atoms with van der Waals surface area (Å²) < 4.78 is 1.10. The summed E-state index contributed by atoms with van der Waals surface area (Å²) in [7, 11) is 0. The van der Waals surface area contributed by atoms with E-state index >= 15 is 0 Å². The first-order valence-corrected chi connectivity index (χ1v) is 10.8. The first-order valence-electron chi connectivity index (χ1n) is 9.98. The molecule has 5 rings (SSSR count). The first kappa shape index (κ1) is 18.7. The summed E-state index contributed by atoms with van der Waals surface area (Å²) in [6, 6.07) is 42.8. The van der Waals surface area contributed by atoms with Gasteiger partial charge >= 0.3 is 0 Å². The van der Waals surface area contributed by atoms with Crippen molar-refractivity contribution >= 4 is 43.8 Å². The van der Waals surface area contributed by atoms with Gasteiger partial charge in [-0.25, -0.2) is 0 Å². The van der Waals surface area contributed by atoms with Crippen LogP contribution >= 0.6 is 15.9 Å². The molecule has 0 fully saturated rings. The Kier molecular flexibility index (Phi) is 5.08. The fourth-order valence-electron chi connectivity index (χ4n) is 3.80. The minimum Gasteiger partial charge on any atom is -0.310 e. The van der Waals surface area contributed by atoms with E-state index in [1.165, 1.54) is 21.9 Å². The molecule has 144 valence electrons. The maximum absolute atomic E-state index is 3.51. The SMILES string of the molecule is Brc1ccc(-c2ccc3cc(N(c4ccccc4)c4ccccc4)ccc3c2)cc1. The van der Waals surface area contributed by atoms with Crippen LogP contribution in [0.15, 0.2) is 126 Å². The van der Waals surface area contributed by atoms with Crippen LogP contribution in [0.2, 0.25) is 0 Å². The summed E-state index contributed by atoms with van der Waals surface area (Å²) in [5, 5.41) is 2.46. The van der Waals surface area contributed by atoms with Gasteiger partial charge in [0.15, 0.2) is 0 Å². The molecule has 0 radical (unpaired) electrons. The molecule has 0 unspecified atom stereocenters. The number of hydrogen-bond donors (Lipinski definition) is 0. The average Bonchev–Trinajstić information content (AvgIpc) is 2.81. The van der Waals surface area contributed by atoms with Crippen molar-refractivity contribution in [2.45, 2.75) is 0 Å². The number of halogens is 1. The van der Waals surface area contributed by atoms with Crippen LogP contribution in [-0.2, 0) is 0 Å². The highest BCUT2D eigenvalue weighted by atomic mass is 79.9. The Morgan fingerprint density at radius 2 is 0.967 bits per heavy atom. The molecule has 0 saturated carbocycles. The minimum absolute atomic E-state index is 1.10. The molecule has 2 heteroatoms. The average molecular weight is 450 g/mol. The maximum atomic E-state index is 3.51. The highest BCUT2D eigenvalue weighted by molar-refractivity contribution is 9.10. The zero-order chi connectivity index (χ0) is 20.3. The standard InChI is InChI=1S/C28H20BrN/c29-25-16-13-21(14-17-25)22-11-12-24-20-28(18-15-23(24)19-22)30(26-7-3-1-4-8-26)27-9-5-2-6-10-27/h1-20H. The van der Waals surface area contributed by atoms with Crippen LogP contribution < -0.4 is 4.90 Å². The quantitative estimate of drug-likeness (QED) is 0.265. The third-order valence-corrected chi connectivity index (χ3v) is 5.82. The molecule has 0 atom stereocenters. The Balaban J connectivity index is 1.59. The Morgan fingerprint density at radius 1 is 0.433 bits per heavy atom. The van der Waals surface area contributed by atoms with Crippen molar-refractivity contribution in [1.82, 2.24) is 0 Å². The fourth-order valence-corrected chi connectivity index (χ4v) is 4.06. The molecule has 0 amide bonds. The van der Waals surface area contributed by atoms with E-state index in [0.29, 0.717) is 0 Å². The predicted molar refractivity (Wildman–Crippen MR) is 132 cm³/mol. The molecule has 0 aliphatic rings. The Morgan fingerprint density at radius 3 is 1.60 bits per heavy atom. The van der Waals surface area contributed by atoms with Crippen LogP contribution in [-0.4, -0.2) is 0 Å². The summed E-state index contributed by atoms with van der Waals surface area (Å²) in [6.45, 7) is 0. The third-order valence-electron chi connectivity index (χ3n) is 5.29. The number of fused-ring (bicyclic) bond motifs is 1. The molecule has 0 N–H and O–H groups in total. The van der Waals surface area contributed by atoms with Crippen LogP contribution in [0.5, 0.6) is 0 Å². The van der Waals surface area contributed by atoms with Gasteiger partial charge in [0.25, 0.3) is 0 Å². The van der Waals surface area contributed by atoms with Gasteiger partial charge < -0.3 is 4.90 Å². The second-order valence-electron chi connectivity index (χ2n) is 7.26. The van der Waals surface area contributed by atoms with Gasteiger partial charge in [-0.05, 0) is 76.5 Å². The van der Waals surface area contributed by atoms with Gasteiger partial charge in [0.05, 0.1) is 0 Å². The Hall–Kier alpha value is -3.36. The Bertz CT molecular complexity index is 1240. The van der Waals surface area contributed by atoms with Crippen LogP contribution in [0, 0.1) is 0 Å². The van der Waals surface area contributed by atoms with Gasteiger partial charge in [-0.1, -0.05) is 82.7 Å². The predicted octanol–water partition coefficient (Wildman–Crippen LogP) is 8.74. The smallest absolute Gasteiger partial charge is 0.0468 e. The number of nitrogens with zero attached hydrogens (tertiary/aromatic N) is 1. The molecule has 0 aliphatic carbocycles. The van der Waals surface area contributed by atoms with E-state index < -0.39 is 0 Å². The van der Waals surface area contributed by atoms with E-state index in [1.807, 2.05) is 0 Å². The van der Waals surface area contributed by atoms with E-state index in [-0.39, 0.29) is 0 Å². The fraction of sp³-hybridized carbons (Fsp3) is 0. The number of para-hydroxylation sites is 2. The molecular weight excluding hydrogens is 430 g/mol. The van der Waals surface area contributed by atoms with Crippen molar-refractivity contribution in [3.05, 3.63) is 126 Å². The highest BCUT2D eigenvalue weighted by Gasteiger charge is 2.12. The van der Waals surface area contributed by atoms with Gasteiger partial charge in [0.2, 0.25) is 0 Å². The van der Waals surface area contributed by atoms with E-state index in [0.717, 1.165) is 21.5 Å². The topological polar surface area (TPSA) is 3.24 Å². The van der Waals surface area contributed by atoms with Crippen LogP contribution in [0.4, 0.5) is 17.1 Å². The largest absolute Gasteiger partial charge is 0.310 e. The van der Waals surface area contributed by atoms with Gasteiger partial charge in [-0.2, -0.15) is 0 Å². The zero-order valence-electron chi connectivity index (χ0n) is 16.4. The zero-order valence-corrected chi connectivity index (χ0v) is 18.0. The normalized spacial score (nSPS) is 10.8. The number of hydrogen-bond acceptors (Lipinski definition) is 1. The minimum atomic E-state index is 1.10. The Labute approximate surface area is 185 Å². The summed E-state index contributed by atoms with van der Waals surface area (Å²) in [4.78, 5) is 2.29. The molecule has 5 aromatic rings. The number of anilines is 3. The van der Waals surface area contributed by atoms with E-state index in [1.54, 1.807) is 0 Å². The third kappa shape index (κ3) is 3.74. The first-order chi connectivity index (χ1) is 14.8. The number of benzene rings is 5. The molecule has 0 saturated heterocycles. The second-order valence-corrected chi connectivity index (χ2v) is 8.18. The maximum Gasteiger partial charge on any atom is 0.0468 e. The van der Waals surface area contributed by atoms with Crippen molar-refractivity contribution < 1.29 is 0 Å². The number of rotatable bonds is 4. The molecule has 0 spiro atoms. The van der Waals surface area contributed by atoms with Gasteiger partial charge in [-0.15, -0.1) is 0 Å². The van der Waals surface area contributed by atoms with Crippen LogP contribution in [0.1, 0.15) is 0 Å². The van der Waals surface area contributed by atoms with Crippen molar-refractivity contribution in [3.8, 4) is 11.1 Å². The molecule has 0 aliphatic heterocycles. The lowest BCUT2D eigenvalue weighted by molar-refractivity contribution is 1.29. The van der Waals surface area contributed by atoms with E-state index in [2.05, 4.69) is 142 Å². The van der Waals surface area contributed by atoms with Gasteiger partial charge in [0.1, 0.15) is 0 Å². The van der Waals surface area contributed by atoms with E-state index in [9.17, 15) is 0 Å². The molecule has 1 nitrogen and oxygen atoms in total. The lowest BCUT2D eigenvalue weighted by Gasteiger charge is -2.25. The summed E-state index contributed by atoms with van der Waals surface area (Å²) >= 11 is 3.51. The molecule has 0 heterocycles. The van der Waals surface area contributed by atoms with Crippen molar-refractivity contribution in [1.29, 1.82) is 0 Å². The second kappa shape index (κ2) is 8.17. The van der Waals surface area contributed by atoms with Gasteiger partial charge in [0, 0.05) is 21.5 Å². The highest BCUT2D eigenvalue weighted by Crippen LogP contribution is 2.36. The van der Waals surface area contributed by atoms with Crippen molar-refractivity contribution in [2.75, 3.05) is 4.90 Å². The molecule has 0 bridgehead atoms. The van der Waals surface area contributed by atoms with Crippen LogP contribution in [0.25, 0.3) is 21.9 Å². The lowest BCUT2D eigenvalue weighted by atomic mass is 10.0. The van der Waals surface area contributed by atoms with E-state index in [4.69, 9.17) is 0 Å². The summed E-state index contributed by atoms with van der Waals surface area (Å²) in [5.41, 5.74) is 5.89. The molecule has 5 aromatic carbocycles. The van der Waals surface area contributed by atoms with Gasteiger partial charge in [-0.3, -0.25) is 0 Å². The molecular formula is C28H20BrN.